The van der Waals surface area contributed by atoms with Crippen molar-refractivity contribution in [1.29, 1.82) is 0 Å². The number of amides is 1. The van der Waals surface area contributed by atoms with Gasteiger partial charge in [-0.15, -0.1) is 0 Å². The van der Waals surface area contributed by atoms with Crippen LogP contribution in [0.25, 0.3) is 11.8 Å². The molecule has 5 heteroatoms. The number of benzene rings is 1. The van der Waals surface area contributed by atoms with Crippen LogP contribution in [0.3, 0.4) is 0 Å². The van der Waals surface area contributed by atoms with Crippen molar-refractivity contribution in [3.63, 3.8) is 0 Å². The molecule has 1 aromatic carbocycles. The van der Waals surface area contributed by atoms with Crippen LogP contribution in [0, 0.1) is 13.8 Å². The predicted octanol–water partition coefficient (Wildman–Crippen LogP) is 3.83. The number of methoxy groups -OCH3 is 1. The van der Waals surface area contributed by atoms with E-state index in [1.807, 2.05) is 30.3 Å². The summed E-state index contributed by atoms with van der Waals surface area (Å²) in [5.74, 6) is 0.411. The van der Waals surface area contributed by atoms with Gasteiger partial charge in [-0.2, -0.15) is 0 Å². The van der Waals surface area contributed by atoms with E-state index in [0.717, 1.165) is 28.2 Å². The summed E-state index contributed by atoms with van der Waals surface area (Å²) in [5, 5.41) is 2.87. The first-order valence-electron chi connectivity index (χ1n) is 8.77. The molecule has 27 heavy (non-hydrogen) atoms. The second-order valence-corrected chi connectivity index (χ2v) is 6.26. The monoisotopic (exact) mass is 361 g/mol. The number of rotatable bonds is 6. The third-order valence-corrected chi connectivity index (χ3v) is 4.37. The van der Waals surface area contributed by atoms with Gasteiger partial charge in [-0.05, 0) is 49.2 Å². The van der Waals surface area contributed by atoms with E-state index in [2.05, 4.69) is 46.9 Å². The van der Waals surface area contributed by atoms with E-state index in [-0.39, 0.29) is 5.91 Å². The fourth-order valence-electron chi connectivity index (χ4n) is 2.98. The molecule has 138 valence electrons. The number of para-hydroxylation sites is 1. The molecule has 1 amide bonds. The smallest absolute Gasteiger partial charge is 0.244 e. The highest BCUT2D eigenvalue weighted by Crippen LogP contribution is 2.21. The topological polar surface area (TPSA) is 56.1 Å². The summed E-state index contributed by atoms with van der Waals surface area (Å²) in [4.78, 5) is 16.3. The number of aromatic nitrogens is 2. The summed E-state index contributed by atoms with van der Waals surface area (Å²) >= 11 is 0. The number of carbonyl (C=O) groups is 1. The lowest BCUT2D eigenvalue weighted by atomic mass is 10.2. The van der Waals surface area contributed by atoms with E-state index in [9.17, 15) is 4.79 Å². The van der Waals surface area contributed by atoms with Crippen LogP contribution < -0.4 is 10.1 Å². The third-order valence-electron chi connectivity index (χ3n) is 4.37. The van der Waals surface area contributed by atoms with Crippen molar-refractivity contribution in [2.75, 3.05) is 7.11 Å². The highest BCUT2D eigenvalue weighted by Gasteiger charge is 2.08. The van der Waals surface area contributed by atoms with Crippen LogP contribution in [0.2, 0.25) is 0 Å². The van der Waals surface area contributed by atoms with Gasteiger partial charge in [-0.25, -0.2) is 4.98 Å². The van der Waals surface area contributed by atoms with Crippen molar-refractivity contribution in [3.8, 4) is 11.6 Å². The maximum atomic E-state index is 12.1. The summed E-state index contributed by atoms with van der Waals surface area (Å²) < 4.78 is 7.21. The van der Waals surface area contributed by atoms with Gasteiger partial charge >= 0.3 is 0 Å². The Balaban J connectivity index is 1.66. The maximum Gasteiger partial charge on any atom is 0.244 e. The molecule has 0 aliphatic rings. The number of nitrogens with zero attached hydrogens (tertiary/aromatic N) is 2. The molecule has 0 saturated heterocycles. The molecule has 0 spiro atoms. The first-order chi connectivity index (χ1) is 13.1. The van der Waals surface area contributed by atoms with E-state index >= 15 is 0 Å². The highest BCUT2D eigenvalue weighted by molar-refractivity contribution is 5.91. The third kappa shape index (κ3) is 4.44. The molecule has 5 nitrogen and oxygen atoms in total. The van der Waals surface area contributed by atoms with Crippen molar-refractivity contribution in [2.24, 2.45) is 0 Å². The normalized spacial score (nSPS) is 10.9. The van der Waals surface area contributed by atoms with E-state index < -0.39 is 0 Å². The number of aryl methyl sites for hydroxylation is 1. The van der Waals surface area contributed by atoms with E-state index in [1.54, 1.807) is 25.4 Å². The van der Waals surface area contributed by atoms with Crippen molar-refractivity contribution in [1.82, 2.24) is 14.9 Å². The van der Waals surface area contributed by atoms with Crippen LogP contribution in [-0.4, -0.2) is 22.6 Å². The highest BCUT2D eigenvalue weighted by atomic mass is 16.5. The molecule has 0 aliphatic carbocycles. The lowest BCUT2D eigenvalue weighted by Crippen LogP contribution is -2.20. The van der Waals surface area contributed by atoms with Crippen LogP contribution in [0.4, 0.5) is 0 Å². The summed E-state index contributed by atoms with van der Waals surface area (Å²) in [7, 11) is 1.57. The molecule has 3 aromatic rings. The van der Waals surface area contributed by atoms with Gasteiger partial charge in [0.25, 0.3) is 0 Å². The number of pyridine rings is 1. The Morgan fingerprint density at radius 1 is 1.19 bits per heavy atom. The van der Waals surface area contributed by atoms with Gasteiger partial charge in [-0.1, -0.05) is 24.3 Å². The second-order valence-electron chi connectivity index (χ2n) is 6.26. The SMILES string of the molecule is COc1ccc(CNC(=O)/C=C/c2cc(C)n(-c3ccccc3)c2C)cn1. The lowest BCUT2D eigenvalue weighted by molar-refractivity contribution is -0.116. The molecule has 0 unspecified atom stereocenters. The maximum absolute atomic E-state index is 12.1. The zero-order valence-electron chi connectivity index (χ0n) is 15.8. The number of ether oxygens (including phenoxy) is 1. The van der Waals surface area contributed by atoms with Crippen molar-refractivity contribution in [2.45, 2.75) is 20.4 Å². The van der Waals surface area contributed by atoms with Crippen molar-refractivity contribution < 1.29 is 9.53 Å². The first-order valence-corrected chi connectivity index (χ1v) is 8.77. The summed E-state index contributed by atoms with van der Waals surface area (Å²) in [5.41, 5.74) is 5.28. The van der Waals surface area contributed by atoms with Gasteiger partial charge in [-0.3, -0.25) is 4.79 Å². The zero-order chi connectivity index (χ0) is 19.2. The molecular formula is C22H23N3O2. The van der Waals surface area contributed by atoms with E-state index in [0.29, 0.717) is 12.4 Å². The fourth-order valence-corrected chi connectivity index (χ4v) is 2.98. The number of carbonyl (C=O) groups excluding carboxylic acids is 1. The van der Waals surface area contributed by atoms with Crippen LogP contribution in [0.1, 0.15) is 22.5 Å². The van der Waals surface area contributed by atoms with Crippen LogP contribution in [0.5, 0.6) is 5.88 Å². The molecule has 0 saturated carbocycles. The Bertz CT molecular complexity index is 942. The average molecular weight is 361 g/mol. The number of nitrogens with one attached hydrogen (secondary N) is 1. The number of hydrogen-bond acceptors (Lipinski definition) is 3. The van der Waals surface area contributed by atoms with Crippen molar-refractivity contribution in [3.05, 3.63) is 83.3 Å². The Kier molecular flexibility index (Phi) is 5.71. The molecule has 0 radical (unpaired) electrons. The molecule has 2 heterocycles. The molecule has 0 aliphatic heterocycles. The number of hydrogen-bond donors (Lipinski definition) is 1. The molecule has 2 aromatic heterocycles. The van der Waals surface area contributed by atoms with Gasteiger partial charge in [0.2, 0.25) is 11.8 Å². The van der Waals surface area contributed by atoms with Gasteiger partial charge in [0.05, 0.1) is 7.11 Å². The largest absolute Gasteiger partial charge is 0.481 e. The molecule has 1 N–H and O–H groups in total. The minimum absolute atomic E-state index is 0.143. The molecule has 0 fully saturated rings. The van der Waals surface area contributed by atoms with Crippen LogP contribution >= 0.6 is 0 Å². The molecule has 0 atom stereocenters. The standard InChI is InChI=1S/C22H23N3O2/c1-16-13-19(17(2)25(16)20-7-5-4-6-8-20)10-11-21(26)23-14-18-9-12-22(27-3)24-15-18/h4-13,15H,14H2,1-3H3,(H,23,26)/b11-10+. The first kappa shape index (κ1) is 18.5. The summed E-state index contributed by atoms with van der Waals surface area (Å²) in [6, 6.07) is 15.9. The average Bonchev–Trinajstić information content (AvgIpc) is 2.99. The fraction of sp³-hybridized carbons (Fsp3) is 0.182. The van der Waals surface area contributed by atoms with Crippen LogP contribution in [-0.2, 0) is 11.3 Å². The molecule has 3 rings (SSSR count). The van der Waals surface area contributed by atoms with Gasteiger partial charge in [0, 0.05) is 42.0 Å². The molecular weight excluding hydrogens is 338 g/mol. The van der Waals surface area contributed by atoms with E-state index in [1.165, 1.54) is 0 Å². The Labute approximate surface area is 159 Å². The Morgan fingerprint density at radius 3 is 2.63 bits per heavy atom. The minimum atomic E-state index is -0.143. The van der Waals surface area contributed by atoms with Gasteiger partial charge in [0.1, 0.15) is 0 Å². The Hall–Kier alpha value is -3.34. The van der Waals surface area contributed by atoms with Crippen molar-refractivity contribution >= 4 is 12.0 Å². The Morgan fingerprint density at radius 2 is 1.96 bits per heavy atom. The zero-order valence-corrected chi connectivity index (χ0v) is 15.8. The van der Waals surface area contributed by atoms with E-state index in [4.69, 9.17) is 4.74 Å². The lowest BCUT2D eigenvalue weighted by Gasteiger charge is -2.09. The summed E-state index contributed by atoms with van der Waals surface area (Å²) in [6.45, 7) is 4.54. The predicted molar refractivity (Wildman–Crippen MR) is 107 cm³/mol. The summed E-state index contributed by atoms with van der Waals surface area (Å²) in [6.07, 6.45) is 5.10. The quantitative estimate of drug-likeness (QED) is 0.679. The molecule has 0 bridgehead atoms. The second kappa shape index (κ2) is 8.36. The van der Waals surface area contributed by atoms with Gasteiger partial charge < -0.3 is 14.6 Å². The van der Waals surface area contributed by atoms with Gasteiger partial charge in [0.15, 0.2) is 0 Å². The minimum Gasteiger partial charge on any atom is -0.481 e. The van der Waals surface area contributed by atoms with Crippen LogP contribution in [0.15, 0.2) is 60.8 Å².